The molecule has 14 heavy (non-hydrogen) atoms. The van der Waals surface area contributed by atoms with E-state index in [1.165, 1.54) is 24.5 Å². The predicted molar refractivity (Wildman–Crippen MR) is 57.5 cm³/mol. The Morgan fingerprint density at radius 2 is 2.36 bits per heavy atom. The van der Waals surface area contributed by atoms with E-state index in [4.69, 9.17) is 4.42 Å². The zero-order valence-corrected chi connectivity index (χ0v) is 9.68. The van der Waals surface area contributed by atoms with Crippen LogP contribution in [0.4, 0.5) is 0 Å². The van der Waals surface area contributed by atoms with Gasteiger partial charge in [0.05, 0.1) is 14.9 Å². The molecule has 2 aromatic rings. The molecule has 2 rings (SSSR count). The average molecular weight is 272 g/mol. The van der Waals surface area contributed by atoms with Crippen LogP contribution < -0.4 is 0 Å². The molecule has 3 nitrogen and oxygen atoms in total. The highest BCUT2D eigenvalue weighted by Crippen LogP contribution is 2.30. The summed E-state index contributed by atoms with van der Waals surface area (Å²) in [6.45, 7) is 1.45. The summed E-state index contributed by atoms with van der Waals surface area (Å²) in [4.78, 5) is 15.9. The van der Waals surface area contributed by atoms with Crippen molar-refractivity contribution in [3.63, 3.8) is 0 Å². The second kappa shape index (κ2) is 3.67. The Morgan fingerprint density at radius 3 is 2.86 bits per heavy atom. The second-order valence-corrected chi connectivity index (χ2v) is 5.15. The van der Waals surface area contributed by atoms with Gasteiger partial charge in [-0.05, 0) is 28.1 Å². The van der Waals surface area contributed by atoms with Crippen molar-refractivity contribution in [1.29, 1.82) is 0 Å². The topological polar surface area (TPSA) is 43.1 Å². The van der Waals surface area contributed by atoms with E-state index in [0.29, 0.717) is 11.7 Å². The van der Waals surface area contributed by atoms with E-state index in [1.54, 1.807) is 0 Å². The van der Waals surface area contributed by atoms with Gasteiger partial charge in [0.25, 0.3) is 0 Å². The average Bonchev–Trinajstić information content (AvgIpc) is 2.70. The molecular formula is C9H6BrNO2S. The molecule has 0 saturated carbocycles. The number of carbonyl (C=O) groups excluding carboxylic acids is 1. The molecule has 0 aliphatic heterocycles. The van der Waals surface area contributed by atoms with Gasteiger partial charge in [0.1, 0.15) is 0 Å². The Labute approximate surface area is 92.9 Å². The van der Waals surface area contributed by atoms with E-state index in [1.807, 2.05) is 12.1 Å². The molecule has 2 heterocycles. The van der Waals surface area contributed by atoms with Crippen LogP contribution in [0.25, 0.3) is 10.8 Å². The van der Waals surface area contributed by atoms with Crippen molar-refractivity contribution in [3.8, 4) is 10.8 Å². The van der Waals surface area contributed by atoms with Crippen LogP contribution in [-0.2, 0) is 0 Å². The fourth-order valence-electron chi connectivity index (χ4n) is 0.980. The fraction of sp³-hybridized carbons (Fsp3) is 0.111. The maximum atomic E-state index is 11.0. The maximum Gasteiger partial charge on any atom is 0.237 e. The summed E-state index contributed by atoms with van der Waals surface area (Å²) in [5, 5.41) is 0. The number of Topliss-reactive ketones (excluding diaryl/α,β-unsaturated/α-hetero) is 1. The van der Waals surface area contributed by atoms with Gasteiger partial charge in [-0.25, -0.2) is 4.98 Å². The summed E-state index contributed by atoms with van der Waals surface area (Å²) >= 11 is 4.86. The molecule has 2 aromatic heterocycles. The molecule has 0 unspecified atom stereocenters. The first-order chi connectivity index (χ1) is 6.66. The lowest BCUT2D eigenvalue weighted by atomic mass is 10.4. The van der Waals surface area contributed by atoms with Gasteiger partial charge in [0.2, 0.25) is 5.89 Å². The minimum absolute atomic E-state index is 0.112. The highest BCUT2D eigenvalue weighted by Gasteiger charge is 2.10. The lowest BCUT2D eigenvalue weighted by Gasteiger charge is -1.87. The number of aromatic nitrogens is 1. The smallest absolute Gasteiger partial charge is 0.237 e. The van der Waals surface area contributed by atoms with E-state index in [9.17, 15) is 4.79 Å². The quantitative estimate of drug-likeness (QED) is 0.787. The summed E-state index contributed by atoms with van der Waals surface area (Å²) in [6, 6.07) is 3.81. The largest absolute Gasteiger partial charge is 0.432 e. The predicted octanol–water partition coefficient (Wildman–Crippen LogP) is 3.37. The van der Waals surface area contributed by atoms with Crippen molar-refractivity contribution in [2.75, 3.05) is 0 Å². The molecule has 0 aromatic carbocycles. The van der Waals surface area contributed by atoms with Crippen LogP contribution in [-0.4, -0.2) is 10.8 Å². The van der Waals surface area contributed by atoms with Crippen LogP contribution in [0.3, 0.4) is 0 Å². The van der Waals surface area contributed by atoms with E-state index >= 15 is 0 Å². The number of carbonyl (C=O) groups is 1. The van der Waals surface area contributed by atoms with Gasteiger partial charge in [-0.15, -0.1) is 11.3 Å². The number of hydrogen-bond acceptors (Lipinski definition) is 4. The summed E-state index contributed by atoms with van der Waals surface area (Å²) in [7, 11) is 0. The van der Waals surface area contributed by atoms with Gasteiger partial charge in [0, 0.05) is 6.92 Å². The second-order valence-electron chi connectivity index (χ2n) is 2.69. The van der Waals surface area contributed by atoms with Gasteiger partial charge in [-0.3, -0.25) is 4.79 Å². The minimum Gasteiger partial charge on any atom is -0.432 e. The van der Waals surface area contributed by atoms with Gasteiger partial charge in [-0.1, -0.05) is 0 Å². The number of hydrogen-bond donors (Lipinski definition) is 0. The van der Waals surface area contributed by atoms with Crippen LogP contribution in [0, 0.1) is 0 Å². The molecule has 0 spiro atoms. The van der Waals surface area contributed by atoms with Crippen LogP contribution in [0.15, 0.2) is 26.5 Å². The summed E-state index contributed by atoms with van der Waals surface area (Å²) in [5.41, 5.74) is 0. The Morgan fingerprint density at radius 1 is 1.57 bits per heavy atom. The molecular weight excluding hydrogens is 266 g/mol. The third-order valence-corrected chi connectivity index (χ3v) is 3.25. The van der Waals surface area contributed by atoms with E-state index in [2.05, 4.69) is 20.9 Å². The molecule has 0 aliphatic rings. The van der Waals surface area contributed by atoms with Crippen LogP contribution in [0.1, 0.15) is 17.5 Å². The number of ketones is 1. The number of oxazole rings is 1. The normalized spacial score (nSPS) is 10.4. The SMILES string of the molecule is CC(=O)c1cnc(-c2ccc(Br)s2)o1. The summed E-state index contributed by atoms with van der Waals surface area (Å²) in [6.07, 6.45) is 1.45. The molecule has 0 aliphatic carbocycles. The molecule has 0 fully saturated rings. The molecule has 5 heteroatoms. The third-order valence-electron chi connectivity index (χ3n) is 1.64. The Bertz CT molecular complexity index is 475. The molecule has 0 bridgehead atoms. The Hall–Kier alpha value is -0.940. The standard InChI is InChI=1S/C9H6BrNO2S/c1-5(12)6-4-11-9(13-6)7-2-3-8(10)14-7/h2-4H,1H3. The van der Waals surface area contributed by atoms with Crippen molar-refractivity contribution in [3.05, 3.63) is 27.9 Å². The monoisotopic (exact) mass is 271 g/mol. The third kappa shape index (κ3) is 1.78. The van der Waals surface area contributed by atoms with Crippen LogP contribution in [0.2, 0.25) is 0 Å². The number of halogens is 1. The molecule has 0 atom stereocenters. The molecule has 72 valence electrons. The first kappa shape index (κ1) is 9.61. The summed E-state index contributed by atoms with van der Waals surface area (Å²) < 4.78 is 6.28. The van der Waals surface area contributed by atoms with Gasteiger partial charge >= 0.3 is 0 Å². The van der Waals surface area contributed by atoms with Crippen molar-refractivity contribution in [2.45, 2.75) is 6.92 Å². The van der Waals surface area contributed by atoms with Gasteiger partial charge in [-0.2, -0.15) is 0 Å². The number of rotatable bonds is 2. The van der Waals surface area contributed by atoms with Crippen molar-refractivity contribution in [1.82, 2.24) is 4.98 Å². The van der Waals surface area contributed by atoms with Crippen LogP contribution in [0.5, 0.6) is 0 Å². The zero-order chi connectivity index (χ0) is 10.1. The Kier molecular flexibility index (Phi) is 2.52. The number of thiophene rings is 1. The number of nitrogens with zero attached hydrogens (tertiary/aromatic N) is 1. The first-order valence-corrected chi connectivity index (χ1v) is 5.50. The highest BCUT2D eigenvalue weighted by atomic mass is 79.9. The first-order valence-electron chi connectivity index (χ1n) is 3.89. The van der Waals surface area contributed by atoms with Crippen LogP contribution >= 0.6 is 27.3 Å². The zero-order valence-electron chi connectivity index (χ0n) is 7.28. The molecule has 0 radical (unpaired) electrons. The van der Waals surface area contributed by atoms with Gasteiger partial charge < -0.3 is 4.42 Å². The van der Waals surface area contributed by atoms with Crippen molar-refractivity contribution >= 4 is 33.0 Å². The lowest BCUT2D eigenvalue weighted by Crippen LogP contribution is -1.85. The summed E-state index contributed by atoms with van der Waals surface area (Å²) in [5.74, 6) is 0.676. The highest BCUT2D eigenvalue weighted by molar-refractivity contribution is 9.11. The molecule has 0 amide bonds. The fourth-order valence-corrected chi connectivity index (χ4v) is 2.30. The lowest BCUT2D eigenvalue weighted by molar-refractivity contribution is 0.0988. The van der Waals surface area contributed by atoms with E-state index in [0.717, 1.165) is 8.66 Å². The molecule has 0 N–H and O–H groups in total. The maximum absolute atomic E-state index is 11.0. The van der Waals surface area contributed by atoms with Gasteiger partial charge in [0.15, 0.2) is 11.5 Å². The van der Waals surface area contributed by atoms with E-state index < -0.39 is 0 Å². The molecule has 0 saturated heterocycles. The van der Waals surface area contributed by atoms with Crippen molar-refractivity contribution in [2.24, 2.45) is 0 Å². The van der Waals surface area contributed by atoms with E-state index in [-0.39, 0.29) is 5.78 Å². The van der Waals surface area contributed by atoms with Crippen molar-refractivity contribution < 1.29 is 9.21 Å². The minimum atomic E-state index is -0.112. The Balaban J connectivity index is 2.38.